The van der Waals surface area contributed by atoms with Gasteiger partial charge in [-0.3, -0.25) is 9.59 Å². The van der Waals surface area contributed by atoms with Crippen LogP contribution in [0.15, 0.2) is 42.5 Å². The summed E-state index contributed by atoms with van der Waals surface area (Å²) < 4.78 is 10.5. The van der Waals surface area contributed by atoms with Crippen molar-refractivity contribution in [2.75, 3.05) is 45.7 Å². The first-order valence-corrected chi connectivity index (χ1v) is 9.66. The molecule has 0 aliphatic carbocycles. The fraction of sp³-hybridized carbons (Fsp3) is 0.364. The van der Waals surface area contributed by atoms with Gasteiger partial charge in [-0.2, -0.15) is 0 Å². The maximum absolute atomic E-state index is 12.7. The average molecular weight is 399 g/mol. The van der Waals surface area contributed by atoms with Crippen LogP contribution >= 0.6 is 0 Å². The van der Waals surface area contributed by atoms with E-state index in [1.54, 1.807) is 42.5 Å². The summed E-state index contributed by atoms with van der Waals surface area (Å²) in [6, 6.07) is 11.9. The number of likely N-dealkylation sites (N-methyl/N-ethyl adjacent to an activating group) is 1. The summed E-state index contributed by atoms with van der Waals surface area (Å²) in [5, 5.41) is 5.72. The van der Waals surface area contributed by atoms with E-state index in [1.165, 1.54) is 14.2 Å². The van der Waals surface area contributed by atoms with Gasteiger partial charge in [0.1, 0.15) is 17.1 Å². The lowest BCUT2D eigenvalue weighted by molar-refractivity contribution is 0.0948. The van der Waals surface area contributed by atoms with Crippen molar-refractivity contribution in [1.82, 2.24) is 10.2 Å². The molecule has 0 saturated heterocycles. The lowest BCUT2D eigenvalue weighted by Crippen LogP contribution is -2.34. The van der Waals surface area contributed by atoms with Crippen molar-refractivity contribution in [2.45, 2.75) is 13.8 Å². The van der Waals surface area contributed by atoms with E-state index in [9.17, 15) is 9.59 Å². The molecule has 2 aromatic rings. The van der Waals surface area contributed by atoms with Crippen LogP contribution in [0.2, 0.25) is 0 Å². The zero-order valence-corrected chi connectivity index (χ0v) is 17.5. The second-order valence-electron chi connectivity index (χ2n) is 6.35. The smallest absolute Gasteiger partial charge is 0.263 e. The van der Waals surface area contributed by atoms with Crippen LogP contribution in [0, 0.1) is 0 Å². The Morgan fingerprint density at radius 2 is 1.48 bits per heavy atom. The summed E-state index contributed by atoms with van der Waals surface area (Å²) in [7, 11) is 3.00. The number of methoxy groups -OCH3 is 2. The Bertz CT molecular complexity index is 795. The van der Waals surface area contributed by atoms with Gasteiger partial charge in [-0.1, -0.05) is 19.9 Å². The summed E-state index contributed by atoms with van der Waals surface area (Å²) >= 11 is 0. The van der Waals surface area contributed by atoms with Crippen LogP contribution in [0.4, 0.5) is 5.69 Å². The molecule has 0 unspecified atom stereocenters. The Balaban J connectivity index is 2.00. The molecular weight excluding hydrogens is 370 g/mol. The van der Waals surface area contributed by atoms with E-state index < -0.39 is 0 Å². The first kappa shape index (κ1) is 22.2. The third-order valence-electron chi connectivity index (χ3n) is 4.67. The molecular formula is C22H29N3O4. The van der Waals surface area contributed by atoms with E-state index in [1.807, 2.05) is 0 Å². The molecule has 0 atom stereocenters. The molecule has 0 radical (unpaired) electrons. The van der Waals surface area contributed by atoms with Crippen LogP contribution in [0.1, 0.15) is 34.6 Å². The largest absolute Gasteiger partial charge is 0.496 e. The Morgan fingerprint density at radius 1 is 0.897 bits per heavy atom. The number of amides is 2. The molecule has 2 amide bonds. The third-order valence-corrected chi connectivity index (χ3v) is 4.67. The standard InChI is InChI=1S/C22H29N3O4/c1-5-25(6-2)15-14-23-21(26)16-10-12-17(13-11-16)24-22(27)20-18(28-3)8-7-9-19(20)29-4/h7-13H,5-6,14-15H2,1-4H3,(H,23,26)(H,24,27). The number of nitrogens with one attached hydrogen (secondary N) is 2. The maximum atomic E-state index is 12.7. The van der Waals surface area contributed by atoms with Crippen molar-refractivity contribution < 1.29 is 19.1 Å². The van der Waals surface area contributed by atoms with Crippen molar-refractivity contribution in [3.63, 3.8) is 0 Å². The lowest BCUT2D eigenvalue weighted by Gasteiger charge is -2.18. The molecule has 29 heavy (non-hydrogen) atoms. The number of ether oxygens (including phenoxy) is 2. The van der Waals surface area contributed by atoms with E-state index in [-0.39, 0.29) is 11.8 Å². The fourth-order valence-corrected chi connectivity index (χ4v) is 2.94. The normalized spacial score (nSPS) is 10.5. The Labute approximate surface area is 172 Å². The van der Waals surface area contributed by atoms with Gasteiger partial charge < -0.3 is 25.0 Å². The quantitative estimate of drug-likeness (QED) is 0.642. The number of carbonyl (C=O) groups is 2. The van der Waals surface area contributed by atoms with Gasteiger partial charge in [0.2, 0.25) is 0 Å². The number of anilines is 1. The predicted molar refractivity (Wildman–Crippen MR) is 114 cm³/mol. The van der Waals surface area contributed by atoms with Gasteiger partial charge in [0.05, 0.1) is 14.2 Å². The maximum Gasteiger partial charge on any atom is 0.263 e. The highest BCUT2D eigenvalue weighted by atomic mass is 16.5. The van der Waals surface area contributed by atoms with E-state index >= 15 is 0 Å². The minimum absolute atomic E-state index is 0.138. The molecule has 0 fully saturated rings. The molecule has 0 saturated carbocycles. The SMILES string of the molecule is CCN(CC)CCNC(=O)c1ccc(NC(=O)c2c(OC)cccc2OC)cc1. The minimum Gasteiger partial charge on any atom is -0.496 e. The second-order valence-corrected chi connectivity index (χ2v) is 6.35. The summed E-state index contributed by atoms with van der Waals surface area (Å²) in [5.74, 6) is 0.356. The summed E-state index contributed by atoms with van der Waals surface area (Å²) in [6.45, 7) is 7.51. The van der Waals surface area contributed by atoms with Crippen molar-refractivity contribution >= 4 is 17.5 Å². The van der Waals surface area contributed by atoms with E-state index in [0.717, 1.165) is 19.6 Å². The highest BCUT2D eigenvalue weighted by molar-refractivity contribution is 6.08. The predicted octanol–water partition coefficient (Wildman–Crippen LogP) is 3.03. The number of hydrogen-bond donors (Lipinski definition) is 2. The number of benzene rings is 2. The van der Waals surface area contributed by atoms with Gasteiger partial charge in [-0.05, 0) is 49.5 Å². The first-order chi connectivity index (χ1) is 14.0. The number of carbonyl (C=O) groups excluding carboxylic acids is 2. The number of hydrogen-bond acceptors (Lipinski definition) is 5. The summed E-state index contributed by atoms with van der Waals surface area (Å²) in [6.07, 6.45) is 0. The van der Waals surface area contributed by atoms with Crippen LogP contribution in [0.3, 0.4) is 0 Å². The minimum atomic E-state index is -0.351. The van der Waals surface area contributed by atoms with Crippen molar-refractivity contribution in [1.29, 1.82) is 0 Å². The Kier molecular flexibility index (Phi) is 8.48. The third kappa shape index (κ3) is 5.96. The topological polar surface area (TPSA) is 79.9 Å². The van der Waals surface area contributed by atoms with Gasteiger partial charge in [-0.25, -0.2) is 0 Å². The second kappa shape index (κ2) is 11.1. The monoisotopic (exact) mass is 399 g/mol. The van der Waals surface area contributed by atoms with Crippen LogP contribution < -0.4 is 20.1 Å². The van der Waals surface area contributed by atoms with Crippen molar-refractivity contribution in [3.8, 4) is 11.5 Å². The molecule has 2 N–H and O–H groups in total. The molecule has 0 spiro atoms. The first-order valence-electron chi connectivity index (χ1n) is 9.66. The van der Waals surface area contributed by atoms with Gasteiger partial charge in [0.15, 0.2) is 0 Å². The molecule has 0 aliphatic rings. The fourth-order valence-electron chi connectivity index (χ4n) is 2.94. The van der Waals surface area contributed by atoms with Crippen LogP contribution in [-0.2, 0) is 0 Å². The molecule has 0 bridgehead atoms. The Hall–Kier alpha value is -3.06. The van der Waals surface area contributed by atoms with E-state index in [4.69, 9.17) is 9.47 Å². The number of rotatable bonds is 10. The lowest BCUT2D eigenvalue weighted by atomic mass is 10.1. The molecule has 0 heterocycles. The van der Waals surface area contributed by atoms with E-state index in [2.05, 4.69) is 29.4 Å². The van der Waals surface area contributed by atoms with E-state index in [0.29, 0.717) is 34.9 Å². The summed E-state index contributed by atoms with van der Waals surface area (Å²) in [4.78, 5) is 27.2. The summed E-state index contributed by atoms with van der Waals surface area (Å²) in [5.41, 5.74) is 1.43. The zero-order chi connectivity index (χ0) is 21.2. The number of nitrogens with zero attached hydrogens (tertiary/aromatic N) is 1. The van der Waals surface area contributed by atoms with Crippen molar-refractivity contribution in [3.05, 3.63) is 53.6 Å². The molecule has 7 nitrogen and oxygen atoms in total. The molecule has 2 aromatic carbocycles. The zero-order valence-electron chi connectivity index (χ0n) is 17.5. The van der Waals surface area contributed by atoms with Crippen LogP contribution in [0.5, 0.6) is 11.5 Å². The average Bonchev–Trinajstić information content (AvgIpc) is 2.76. The molecule has 156 valence electrons. The Morgan fingerprint density at radius 3 is 2.00 bits per heavy atom. The van der Waals surface area contributed by atoms with Gasteiger partial charge in [0.25, 0.3) is 11.8 Å². The van der Waals surface area contributed by atoms with Gasteiger partial charge in [-0.15, -0.1) is 0 Å². The van der Waals surface area contributed by atoms with Gasteiger partial charge in [0, 0.05) is 24.3 Å². The van der Waals surface area contributed by atoms with Gasteiger partial charge >= 0.3 is 0 Å². The molecule has 2 rings (SSSR count). The van der Waals surface area contributed by atoms with Crippen molar-refractivity contribution in [2.24, 2.45) is 0 Å². The molecule has 0 aliphatic heterocycles. The molecule has 0 aromatic heterocycles. The van der Waals surface area contributed by atoms with Crippen LogP contribution in [-0.4, -0.2) is 57.1 Å². The highest BCUT2D eigenvalue weighted by Crippen LogP contribution is 2.29. The highest BCUT2D eigenvalue weighted by Gasteiger charge is 2.18. The molecule has 7 heteroatoms. The van der Waals surface area contributed by atoms with Crippen LogP contribution in [0.25, 0.3) is 0 Å².